The number of sulfonamides is 1. The zero-order valence-corrected chi connectivity index (χ0v) is 22.1. The molecule has 1 aliphatic rings. The van der Waals surface area contributed by atoms with Gasteiger partial charge < -0.3 is 4.90 Å². The monoisotopic (exact) mass is 518 g/mol. The molecule has 0 saturated carbocycles. The fourth-order valence-corrected chi connectivity index (χ4v) is 7.54. The van der Waals surface area contributed by atoms with Crippen LogP contribution in [0.2, 0.25) is 0 Å². The molecular weight excluding hydrogens is 488 g/mol. The molecule has 186 valence electrons. The quantitative estimate of drug-likeness (QED) is 0.308. The maximum Gasteiger partial charge on any atom is 0.243 e. The molecule has 0 N–H and O–H groups in total. The summed E-state index contributed by atoms with van der Waals surface area (Å²) in [6, 6.07) is 24.4. The fourth-order valence-electron chi connectivity index (χ4n) is 4.95. The van der Waals surface area contributed by atoms with E-state index in [-0.39, 0.29) is 29.4 Å². The minimum atomic E-state index is -3.88. The van der Waals surface area contributed by atoms with E-state index in [9.17, 15) is 13.2 Å². The highest BCUT2D eigenvalue weighted by Gasteiger charge is 2.37. The number of carbonyl (C=O) groups is 1. The Morgan fingerprint density at radius 2 is 1.75 bits per heavy atom. The first-order chi connectivity index (χ1) is 17.4. The zero-order chi connectivity index (χ0) is 25.3. The normalized spacial score (nSPS) is 16.8. The Morgan fingerprint density at radius 3 is 2.50 bits per heavy atom. The van der Waals surface area contributed by atoms with Crippen LogP contribution in [0.5, 0.6) is 0 Å². The van der Waals surface area contributed by atoms with E-state index in [1.807, 2.05) is 79.4 Å². The summed E-state index contributed by atoms with van der Waals surface area (Å²) in [5.74, 6) is -0.176. The largest absolute Gasteiger partial charge is 0.330 e. The van der Waals surface area contributed by atoms with Gasteiger partial charge in [0.05, 0.1) is 17.5 Å². The Bertz CT molecular complexity index is 1480. The van der Waals surface area contributed by atoms with Crippen LogP contribution in [0.1, 0.15) is 42.3 Å². The SMILES string of the molecule is CC[C@H](C)N(CC(=O)N1CCc2sccc2[C@H]1c1ccccc1)S(=O)(=O)c1ccc2ccccc2c1. The van der Waals surface area contributed by atoms with Crippen molar-refractivity contribution in [1.29, 1.82) is 0 Å². The van der Waals surface area contributed by atoms with Gasteiger partial charge in [-0.05, 0) is 65.2 Å². The molecule has 0 radical (unpaired) electrons. The molecule has 1 aromatic heterocycles. The van der Waals surface area contributed by atoms with Crippen molar-refractivity contribution in [2.45, 2.75) is 43.7 Å². The van der Waals surface area contributed by atoms with Crippen molar-refractivity contribution in [3.63, 3.8) is 0 Å². The standard InChI is InChI=1S/C29H30N2O3S2/c1-3-21(2)31(36(33,34)25-14-13-22-9-7-8-12-24(22)19-25)20-28(32)30-17-15-27-26(16-18-35-27)29(30)23-10-5-4-6-11-23/h4-14,16,18-19,21,29H,3,15,17,20H2,1-2H3/t21-,29+/m0/s1. The lowest BCUT2D eigenvalue weighted by Crippen LogP contribution is -2.49. The van der Waals surface area contributed by atoms with Crippen LogP contribution in [0.4, 0.5) is 0 Å². The van der Waals surface area contributed by atoms with Gasteiger partial charge >= 0.3 is 0 Å². The van der Waals surface area contributed by atoms with E-state index >= 15 is 0 Å². The van der Waals surface area contributed by atoms with Crippen molar-refractivity contribution in [2.24, 2.45) is 0 Å². The summed E-state index contributed by atoms with van der Waals surface area (Å²) < 4.78 is 29.1. The van der Waals surface area contributed by atoms with Gasteiger partial charge in [0.2, 0.25) is 15.9 Å². The highest BCUT2D eigenvalue weighted by atomic mass is 32.2. The van der Waals surface area contributed by atoms with Gasteiger partial charge in [0.15, 0.2) is 0 Å². The molecule has 1 amide bonds. The number of hydrogen-bond acceptors (Lipinski definition) is 4. The molecular formula is C29H30N2O3S2. The van der Waals surface area contributed by atoms with E-state index in [0.717, 1.165) is 28.3 Å². The maximum absolute atomic E-state index is 13.9. The Hall–Kier alpha value is -3.00. The molecule has 5 rings (SSSR count). The van der Waals surface area contributed by atoms with Crippen molar-refractivity contribution in [3.05, 3.63) is 100 Å². The second-order valence-corrected chi connectivity index (χ2v) is 12.2. The second-order valence-electron chi connectivity index (χ2n) is 9.27. The lowest BCUT2D eigenvalue weighted by molar-refractivity contribution is -0.133. The van der Waals surface area contributed by atoms with Gasteiger partial charge in [-0.1, -0.05) is 67.6 Å². The van der Waals surface area contributed by atoms with Gasteiger partial charge in [-0.3, -0.25) is 4.79 Å². The molecule has 0 saturated heterocycles. The van der Waals surface area contributed by atoms with Crippen LogP contribution in [0, 0.1) is 0 Å². The van der Waals surface area contributed by atoms with E-state index in [0.29, 0.717) is 13.0 Å². The highest BCUT2D eigenvalue weighted by Crippen LogP contribution is 2.38. The lowest BCUT2D eigenvalue weighted by Gasteiger charge is -2.38. The molecule has 0 fully saturated rings. The number of rotatable bonds is 7. The minimum absolute atomic E-state index is 0.176. The van der Waals surface area contributed by atoms with Crippen molar-refractivity contribution in [2.75, 3.05) is 13.1 Å². The average molecular weight is 519 g/mol. The van der Waals surface area contributed by atoms with Gasteiger partial charge in [-0.25, -0.2) is 8.42 Å². The van der Waals surface area contributed by atoms with Crippen molar-refractivity contribution in [3.8, 4) is 0 Å². The minimum Gasteiger partial charge on any atom is -0.330 e. The van der Waals surface area contributed by atoms with Crippen LogP contribution in [0.15, 0.2) is 89.1 Å². The lowest BCUT2D eigenvalue weighted by atomic mass is 9.93. The topological polar surface area (TPSA) is 57.7 Å². The molecule has 36 heavy (non-hydrogen) atoms. The summed E-state index contributed by atoms with van der Waals surface area (Å²) in [4.78, 5) is 17.2. The molecule has 3 aromatic carbocycles. The molecule has 5 nitrogen and oxygen atoms in total. The van der Waals surface area contributed by atoms with Crippen molar-refractivity contribution >= 4 is 38.0 Å². The number of carbonyl (C=O) groups excluding carboxylic acids is 1. The van der Waals surface area contributed by atoms with E-state index < -0.39 is 10.0 Å². The number of thiophene rings is 1. The Morgan fingerprint density at radius 1 is 1.03 bits per heavy atom. The summed E-state index contributed by atoms with van der Waals surface area (Å²) in [7, 11) is -3.88. The predicted octanol–water partition coefficient (Wildman–Crippen LogP) is 5.86. The number of benzene rings is 3. The molecule has 2 heterocycles. The summed E-state index contributed by atoms with van der Waals surface area (Å²) in [6.07, 6.45) is 1.39. The van der Waals surface area contributed by atoms with Crippen LogP contribution < -0.4 is 0 Å². The molecule has 4 aromatic rings. The summed E-state index contributed by atoms with van der Waals surface area (Å²) in [6.45, 7) is 4.19. The first-order valence-corrected chi connectivity index (χ1v) is 14.6. The zero-order valence-electron chi connectivity index (χ0n) is 20.5. The third-order valence-electron chi connectivity index (χ3n) is 7.10. The van der Waals surface area contributed by atoms with Crippen LogP contribution in [0.25, 0.3) is 10.8 Å². The van der Waals surface area contributed by atoms with E-state index in [4.69, 9.17) is 0 Å². The molecule has 7 heteroatoms. The number of amides is 1. The summed E-state index contributed by atoms with van der Waals surface area (Å²) in [5, 5.41) is 3.91. The van der Waals surface area contributed by atoms with E-state index in [1.54, 1.807) is 23.5 Å². The van der Waals surface area contributed by atoms with Gasteiger partial charge in [-0.2, -0.15) is 4.31 Å². The molecule has 0 aliphatic carbocycles. The second kappa shape index (κ2) is 10.2. The van der Waals surface area contributed by atoms with Crippen LogP contribution in [0.3, 0.4) is 0 Å². The first kappa shape index (κ1) is 24.7. The molecule has 0 spiro atoms. The molecule has 0 unspecified atom stereocenters. The third kappa shape index (κ3) is 4.59. The van der Waals surface area contributed by atoms with Gasteiger partial charge in [0.1, 0.15) is 0 Å². The van der Waals surface area contributed by atoms with Gasteiger partial charge in [0, 0.05) is 17.5 Å². The average Bonchev–Trinajstić information content (AvgIpc) is 3.39. The fraction of sp³-hybridized carbons (Fsp3) is 0.276. The third-order valence-corrected chi connectivity index (χ3v) is 10.1. The summed E-state index contributed by atoms with van der Waals surface area (Å²) in [5.41, 5.74) is 2.18. The molecule has 0 bridgehead atoms. The van der Waals surface area contributed by atoms with Gasteiger partial charge in [0.25, 0.3) is 0 Å². The number of fused-ring (bicyclic) bond motifs is 2. The Labute approximate surface area is 217 Å². The van der Waals surface area contributed by atoms with E-state index in [2.05, 4.69) is 11.4 Å². The smallest absolute Gasteiger partial charge is 0.243 e. The van der Waals surface area contributed by atoms with Crippen LogP contribution in [-0.2, 0) is 21.2 Å². The van der Waals surface area contributed by atoms with Crippen LogP contribution in [-0.4, -0.2) is 42.7 Å². The highest BCUT2D eigenvalue weighted by molar-refractivity contribution is 7.89. The van der Waals surface area contributed by atoms with E-state index in [1.165, 1.54) is 9.18 Å². The van der Waals surface area contributed by atoms with Crippen LogP contribution >= 0.6 is 11.3 Å². The number of nitrogens with zero attached hydrogens (tertiary/aromatic N) is 2. The predicted molar refractivity (Wildman–Crippen MR) is 146 cm³/mol. The van der Waals surface area contributed by atoms with Crippen molar-refractivity contribution < 1.29 is 13.2 Å². The molecule has 2 atom stereocenters. The number of hydrogen-bond donors (Lipinski definition) is 0. The van der Waals surface area contributed by atoms with Crippen molar-refractivity contribution in [1.82, 2.24) is 9.21 Å². The Balaban J connectivity index is 1.49. The maximum atomic E-state index is 13.9. The summed E-state index contributed by atoms with van der Waals surface area (Å²) >= 11 is 1.72. The van der Waals surface area contributed by atoms with Gasteiger partial charge in [-0.15, -0.1) is 11.3 Å². The first-order valence-electron chi connectivity index (χ1n) is 12.3. The Kier molecular flexibility index (Phi) is 6.97. The molecule has 1 aliphatic heterocycles.